The molecule has 0 atom stereocenters. The molecule has 0 aliphatic carbocycles. The minimum absolute atomic E-state index is 0.0115. The molecule has 2 heterocycles. The predicted octanol–water partition coefficient (Wildman–Crippen LogP) is 0.237. The van der Waals surface area contributed by atoms with Gasteiger partial charge in [0.15, 0.2) is 0 Å². The van der Waals surface area contributed by atoms with Crippen molar-refractivity contribution in [2.24, 2.45) is 0 Å². The van der Waals surface area contributed by atoms with E-state index in [0.29, 0.717) is 10.8 Å². The van der Waals surface area contributed by atoms with Crippen LogP contribution in [0.4, 0.5) is 0 Å². The number of rotatable bonds is 5. The molecule has 1 aromatic rings. The van der Waals surface area contributed by atoms with E-state index in [-0.39, 0.29) is 11.9 Å². The summed E-state index contributed by atoms with van der Waals surface area (Å²) in [6.07, 6.45) is 1.45. The minimum atomic E-state index is -3.39. The Hall–Kier alpha value is -0.960. The Morgan fingerprint density at radius 2 is 2.15 bits per heavy atom. The highest BCUT2D eigenvalue weighted by Crippen LogP contribution is 2.18. The normalized spacial score (nSPS) is 18.1. The first-order valence-corrected chi connectivity index (χ1v) is 8.86. The van der Waals surface area contributed by atoms with Gasteiger partial charge in [-0.1, -0.05) is 6.07 Å². The molecule has 1 aromatic heterocycles. The number of thiophene rings is 1. The van der Waals surface area contributed by atoms with E-state index in [1.165, 1.54) is 11.3 Å². The van der Waals surface area contributed by atoms with Crippen LogP contribution in [0.2, 0.25) is 0 Å². The van der Waals surface area contributed by atoms with E-state index in [4.69, 9.17) is 0 Å². The molecule has 1 saturated heterocycles. The van der Waals surface area contributed by atoms with Gasteiger partial charge in [-0.05, 0) is 24.3 Å². The number of hydrogen-bond acceptors (Lipinski definition) is 5. The third-order valence-electron chi connectivity index (χ3n) is 3.32. The summed E-state index contributed by atoms with van der Waals surface area (Å²) in [5.41, 5.74) is 0. The zero-order chi connectivity index (χ0) is 14.6. The molecular weight excluding hydrogens is 298 g/mol. The molecule has 6 nitrogen and oxygen atoms in total. The molecule has 20 heavy (non-hydrogen) atoms. The van der Waals surface area contributed by atoms with E-state index in [1.54, 1.807) is 24.6 Å². The molecule has 1 amide bonds. The molecule has 112 valence electrons. The zero-order valence-corrected chi connectivity index (χ0v) is 13.0. The quantitative estimate of drug-likeness (QED) is 0.815. The van der Waals surface area contributed by atoms with Crippen LogP contribution >= 0.6 is 11.3 Å². The van der Waals surface area contributed by atoms with E-state index >= 15 is 0 Å². The predicted molar refractivity (Wildman–Crippen MR) is 78.2 cm³/mol. The first-order valence-electron chi connectivity index (χ1n) is 6.50. The number of carbonyl (C=O) groups excluding carboxylic acids is 1. The van der Waals surface area contributed by atoms with Crippen molar-refractivity contribution in [3.63, 3.8) is 0 Å². The number of nitrogens with zero attached hydrogens (tertiary/aromatic N) is 1. The van der Waals surface area contributed by atoms with E-state index in [1.807, 2.05) is 4.90 Å². The van der Waals surface area contributed by atoms with Crippen LogP contribution in [0.3, 0.4) is 0 Å². The summed E-state index contributed by atoms with van der Waals surface area (Å²) in [7, 11) is -1.78. The average molecular weight is 317 g/mol. The molecule has 0 unspecified atom stereocenters. The Morgan fingerprint density at radius 1 is 1.45 bits per heavy atom. The van der Waals surface area contributed by atoms with Crippen LogP contribution in [0.1, 0.15) is 12.8 Å². The standard InChI is InChI=1S/C12H19N3O3S2/c1-13-11(16)9-15-6-4-10(5-7-15)14-20(17,18)12-3-2-8-19-12/h2-3,8,10,14H,4-7,9H2,1H3,(H,13,16). The molecule has 2 N–H and O–H groups in total. The lowest BCUT2D eigenvalue weighted by molar-refractivity contribution is -0.122. The van der Waals surface area contributed by atoms with Gasteiger partial charge in [0.1, 0.15) is 4.21 Å². The molecule has 0 spiro atoms. The Balaban J connectivity index is 1.84. The fraction of sp³-hybridized carbons (Fsp3) is 0.583. The maximum Gasteiger partial charge on any atom is 0.250 e. The van der Waals surface area contributed by atoms with Gasteiger partial charge in [-0.3, -0.25) is 9.69 Å². The van der Waals surface area contributed by atoms with Crippen molar-refractivity contribution in [3.05, 3.63) is 17.5 Å². The van der Waals surface area contributed by atoms with E-state index in [0.717, 1.165) is 25.9 Å². The number of likely N-dealkylation sites (tertiary alicyclic amines) is 1. The highest BCUT2D eigenvalue weighted by molar-refractivity contribution is 7.91. The second-order valence-electron chi connectivity index (χ2n) is 4.78. The second-order valence-corrected chi connectivity index (χ2v) is 7.67. The lowest BCUT2D eigenvalue weighted by atomic mass is 10.1. The first-order chi connectivity index (χ1) is 9.51. The van der Waals surface area contributed by atoms with Gasteiger partial charge in [0.05, 0.1) is 6.54 Å². The van der Waals surface area contributed by atoms with E-state index in [2.05, 4.69) is 10.0 Å². The van der Waals surface area contributed by atoms with Gasteiger partial charge in [-0.25, -0.2) is 13.1 Å². The molecule has 1 fully saturated rings. The molecule has 2 rings (SSSR count). The third kappa shape index (κ3) is 4.02. The number of likely N-dealkylation sites (N-methyl/N-ethyl adjacent to an activating group) is 1. The Morgan fingerprint density at radius 3 is 2.70 bits per heavy atom. The van der Waals surface area contributed by atoms with Crippen molar-refractivity contribution in [2.45, 2.75) is 23.1 Å². The summed E-state index contributed by atoms with van der Waals surface area (Å²) in [5.74, 6) is -0.0115. The minimum Gasteiger partial charge on any atom is -0.358 e. The van der Waals surface area contributed by atoms with Crippen molar-refractivity contribution in [1.29, 1.82) is 0 Å². The zero-order valence-electron chi connectivity index (χ0n) is 11.3. The van der Waals surface area contributed by atoms with E-state index in [9.17, 15) is 13.2 Å². The van der Waals surface area contributed by atoms with Crippen LogP contribution in [0.15, 0.2) is 21.7 Å². The monoisotopic (exact) mass is 317 g/mol. The van der Waals surface area contributed by atoms with Crippen molar-refractivity contribution >= 4 is 27.3 Å². The summed E-state index contributed by atoms with van der Waals surface area (Å²) in [5, 5.41) is 4.34. The highest BCUT2D eigenvalue weighted by atomic mass is 32.2. The molecule has 1 aliphatic rings. The maximum atomic E-state index is 12.1. The van der Waals surface area contributed by atoms with Crippen LogP contribution in [0.5, 0.6) is 0 Å². The average Bonchev–Trinajstić information content (AvgIpc) is 2.95. The van der Waals surface area contributed by atoms with Crippen LogP contribution in [-0.2, 0) is 14.8 Å². The lowest BCUT2D eigenvalue weighted by Gasteiger charge is -2.31. The maximum absolute atomic E-state index is 12.1. The highest BCUT2D eigenvalue weighted by Gasteiger charge is 2.25. The number of piperidine rings is 1. The topological polar surface area (TPSA) is 78.5 Å². The number of carbonyl (C=O) groups is 1. The summed E-state index contributed by atoms with van der Waals surface area (Å²) in [6, 6.07) is 3.28. The van der Waals surface area contributed by atoms with Gasteiger partial charge in [0.2, 0.25) is 15.9 Å². The third-order valence-corrected chi connectivity index (χ3v) is 6.23. The lowest BCUT2D eigenvalue weighted by Crippen LogP contribution is -2.46. The molecular formula is C12H19N3O3S2. The van der Waals surface area contributed by atoms with Gasteiger partial charge in [0, 0.05) is 26.2 Å². The Kier molecular flexibility index (Phi) is 5.14. The van der Waals surface area contributed by atoms with Gasteiger partial charge in [-0.2, -0.15) is 0 Å². The van der Waals surface area contributed by atoms with E-state index < -0.39 is 10.0 Å². The number of sulfonamides is 1. The van der Waals surface area contributed by atoms with Gasteiger partial charge in [0.25, 0.3) is 0 Å². The summed E-state index contributed by atoms with van der Waals surface area (Å²) in [6.45, 7) is 1.83. The van der Waals surface area contributed by atoms with Gasteiger partial charge in [-0.15, -0.1) is 11.3 Å². The molecule has 0 saturated carbocycles. The van der Waals surface area contributed by atoms with Crippen LogP contribution in [-0.4, -0.2) is 51.9 Å². The van der Waals surface area contributed by atoms with Crippen molar-refractivity contribution in [1.82, 2.24) is 14.9 Å². The molecule has 0 radical (unpaired) electrons. The Bertz CT molecular complexity index is 534. The van der Waals surface area contributed by atoms with Crippen LogP contribution in [0, 0.1) is 0 Å². The van der Waals surface area contributed by atoms with Crippen LogP contribution < -0.4 is 10.0 Å². The van der Waals surface area contributed by atoms with Gasteiger partial charge < -0.3 is 5.32 Å². The van der Waals surface area contributed by atoms with Crippen molar-refractivity contribution < 1.29 is 13.2 Å². The Labute approximate surface area is 123 Å². The SMILES string of the molecule is CNC(=O)CN1CCC(NS(=O)(=O)c2cccs2)CC1. The number of nitrogens with one attached hydrogen (secondary N) is 2. The summed E-state index contributed by atoms with van der Waals surface area (Å²) < 4.78 is 27.3. The van der Waals surface area contributed by atoms with Gasteiger partial charge >= 0.3 is 0 Å². The number of hydrogen-bond donors (Lipinski definition) is 2. The molecule has 0 aromatic carbocycles. The summed E-state index contributed by atoms with van der Waals surface area (Å²) in [4.78, 5) is 13.3. The first kappa shape index (κ1) is 15.4. The largest absolute Gasteiger partial charge is 0.358 e. The number of amides is 1. The van der Waals surface area contributed by atoms with Crippen LogP contribution in [0.25, 0.3) is 0 Å². The smallest absolute Gasteiger partial charge is 0.250 e. The molecule has 8 heteroatoms. The fourth-order valence-corrected chi connectivity index (χ4v) is 4.50. The summed E-state index contributed by atoms with van der Waals surface area (Å²) >= 11 is 1.22. The second kappa shape index (κ2) is 6.66. The fourth-order valence-electron chi connectivity index (χ4n) is 2.18. The van der Waals surface area contributed by atoms with Crippen molar-refractivity contribution in [3.8, 4) is 0 Å². The molecule has 0 bridgehead atoms. The molecule has 1 aliphatic heterocycles. The van der Waals surface area contributed by atoms with Crippen molar-refractivity contribution in [2.75, 3.05) is 26.7 Å².